The number of aromatic nitrogens is 1. The number of carbonyl (C=O) groups excluding carboxylic acids is 1. The molecule has 0 saturated carbocycles. The molecule has 2 aromatic carbocycles. The van der Waals surface area contributed by atoms with E-state index < -0.39 is 53.1 Å². The molecule has 1 atom stereocenters. The highest BCUT2D eigenvalue weighted by Gasteiger charge is 2.33. The predicted octanol–water partition coefficient (Wildman–Crippen LogP) is 2.59. The van der Waals surface area contributed by atoms with Crippen LogP contribution in [0.4, 0.5) is 13.2 Å². The predicted molar refractivity (Wildman–Crippen MR) is 114 cm³/mol. The van der Waals surface area contributed by atoms with Crippen LogP contribution < -0.4 is 15.6 Å². The monoisotopic (exact) mass is 487 g/mol. The van der Waals surface area contributed by atoms with Gasteiger partial charge in [-0.05, 0) is 36.2 Å². The number of carboxylic acid groups (broad SMARTS) is 1. The summed E-state index contributed by atoms with van der Waals surface area (Å²) in [6.45, 7) is -0.908. The van der Waals surface area contributed by atoms with E-state index in [4.69, 9.17) is 9.84 Å². The van der Waals surface area contributed by atoms with Gasteiger partial charge in [-0.3, -0.25) is 19.0 Å². The Hall–Kier alpha value is -4.53. The van der Waals surface area contributed by atoms with Crippen molar-refractivity contribution in [1.82, 2.24) is 9.88 Å². The topological polar surface area (TPSA) is 142 Å². The Morgan fingerprint density at radius 3 is 2.49 bits per heavy atom. The summed E-state index contributed by atoms with van der Waals surface area (Å²) < 4.78 is 45.6. The average molecular weight is 487 g/mol. The number of carboxylic acids is 1. The summed E-state index contributed by atoms with van der Waals surface area (Å²) in [6, 6.07) is 8.14. The molecule has 0 bridgehead atoms. The van der Waals surface area contributed by atoms with Crippen LogP contribution in [0.3, 0.4) is 0 Å². The van der Waals surface area contributed by atoms with Gasteiger partial charge in [0.2, 0.25) is 0 Å². The fourth-order valence-corrected chi connectivity index (χ4v) is 4.02. The van der Waals surface area contributed by atoms with Gasteiger partial charge < -0.3 is 20.3 Å². The Morgan fingerprint density at radius 2 is 1.89 bits per heavy atom. The molecule has 35 heavy (non-hydrogen) atoms. The molecule has 1 aromatic heterocycles. The van der Waals surface area contributed by atoms with Crippen LogP contribution in [0, 0.1) is 11.3 Å². The third-order valence-electron chi connectivity index (χ3n) is 5.58. The van der Waals surface area contributed by atoms with Crippen molar-refractivity contribution < 1.29 is 37.7 Å². The van der Waals surface area contributed by atoms with Crippen LogP contribution in [0.5, 0.6) is 11.5 Å². The molecule has 4 rings (SSSR count). The van der Waals surface area contributed by atoms with E-state index in [0.29, 0.717) is 5.56 Å². The minimum absolute atomic E-state index is 0.0321. The van der Waals surface area contributed by atoms with E-state index in [1.807, 2.05) is 11.4 Å². The average Bonchev–Trinajstić information content (AvgIpc) is 2.80. The molecule has 2 heterocycles. The van der Waals surface area contributed by atoms with Gasteiger partial charge in [0, 0.05) is 0 Å². The first-order valence-electron chi connectivity index (χ1n) is 10.2. The van der Waals surface area contributed by atoms with Crippen molar-refractivity contribution in [3.8, 4) is 17.6 Å². The van der Waals surface area contributed by atoms with E-state index in [2.05, 4.69) is 0 Å². The molecule has 12 heteroatoms. The Bertz CT molecular complexity index is 1460. The molecule has 180 valence electrons. The van der Waals surface area contributed by atoms with Gasteiger partial charge in [0.1, 0.15) is 30.2 Å². The number of carbonyl (C=O) groups is 2. The Kier molecular flexibility index (Phi) is 5.86. The first kappa shape index (κ1) is 23.6. The number of benzene rings is 2. The fraction of sp³-hybridized carbons (Fsp3) is 0.217. The molecule has 0 saturated heterocycles. The highest BCUT2D eigenvalue weighted by atomic mass is 19.4. The maximum Gasteiger partial charge on any atom is 0.416 e. The fourth-order valence-electron chi connectivity index (χ4n) is 4.02. The summed E-state index contributed by atoms with van der Waals surface area (Å²) in [5, 5.41) is 31.1. The zero-order valence-corrected chi connectivity index (χ0v) is 17.7. The summed E-state index contributed by atoms with van der Waals surface area (Å²) in [6.07, 6.45) is -4.48. The highest BCUT2D eigenvalue weighted by Crippen LogP contribution is 2.39. The van der Waals surface area contributed by atoms with E-state index in [-0.39, 0.29) is 35.2 Å². The SMILES string of the molecule is N#Cc1ccc2c3c1c(O)c(C(=O)NCC(=O)O)c(=O)n3C(Cc1ccc(C(F)(F)F)cc1)CO2. The summed E-state index contributed by atoms with van der Waals surface area (Å²) in [5.74, 6) is -3.18. The first-order valence-corrected chi connectivity index (χ1v) is 10.2. The van der Waals surface area contributed by atoms with Crippen molar-refractivity contribution in [2.45, 2.75) is 18.6 Å². The standard InChI is InChI=1S/C23H16F3N3O6/c24-23(25,26)13-4-1-11(2-5-13)7-14-10-35-15-6-3-12(8-27)17-19(15)29(14)22(34)18(20(17)32)21(33)28-9-16(30)31/h1-6,14,32H,7,9-10H2,(H,28,33)(H,30,31). The third kappa shape index (κ3) is 4.23. The molecule has 1 aliphatic heterocycles. The lowest BCUT2D eigenvalue weighted by molar-refractivity contribution is -0.138. The second-order valence-corrected chi connectivity index (χ2v) is 7.79. The van der Waals surface area contributed by atoms with Crippen molar-refractivity contribution in [3.05, 3.63) is 69.0 Å². The summed E-state index contributed by atoms with van der Waals surface area (Å²) in [5.41, 5.74) is -2.14. The number of hydrogen-bond acceptors (Lipinski definition) is 6. The maximum absolute atomic E-state index is 13.4. The molecule has 0 radical (unpaired) electrons. The molecule has 1 amide bonds. The van der Waals surface area contributed by atoms with Crippen molar-refractivity contribution in [2.75, 3.05) is 13.2 Å². The normalized spacial score (nSPS) is 14.7. The number of rotatable bonds is 5. The zero-order valence-electron chi connectivity index (χ0n) is 17.7. The van der Waals surface area contributed by atoms with Crippen LogP contribution in [0.25, 0.3) is 10.9 Å². The Balaban J connectivity index is 1.88. The van der Waals surface area contributed by atoms with Crippen LogP contribution >= 0.6 is 0 Å². The minimum Gasteiger partial charge on any atom is -0.506 e. The second-order valence-electron chi connectivity index (χ2n) is 7.79. The number of halogens is 3. The quantitative estimate of drug-likeness (QED) is 0.502. The van der Waals surface area contributed by atoms with E-state index >= 15 is 0 Å². The zero-order chi connectivity index (χ0) is 25.5. The number of amides is 1. The lowest BCUT2D eigenvalue weighted by Gasteiger charge is -2.29. The van der Waals surface area contributed by atoms with Crippen LogP contribution in [0.15, 0.2) is 41.2 Å². The number of nitriles is 1. The molecule has 0 spiro atoms. The molecule has 3 aromatic rings. The van der Waals surface area contributed by atoms with Gasteiger partial charge in [0.15, 0.2) is 0 Å². The largest absolute Gasteiger partial charge is 0.506 e. The van der Waals surface area contributed by atoms with Crippen LogP contribution in [0.2, 0.25) is 0 Å². The molecule has 1 aliphatic rings. The number of alkyl halides is 3. The summed E-state index contributed by atoms with van der Waals surface area (Å²) >= 11 is 0. The van der Waals surface area contributed by atoms with Crippen molar-refractivity contribution >= 4 is 22.8 Å². The number of hydrogen-bond donors (Lipinski definition) is 3. The number of pyridine rings is 1. The van der Waals surface area contributed by atoms with Crippen LogP contribution in [-0.2, 0) is 17.4 Å². The van der Waals surface area contributed by atoms with Gasteiger partial charge in [-0.2, -0.15) is 18.4 Å². The van der Waals surface area contributed by atoms with Crippen molar-refractivity contribution in [3.63, 3.8) is 0 Å². The number of nitrogens with one attached hydrogen (secondary N) is 1. The smallest absolute Gasteiger partial charge is 0.416 e. The maximum atomic E-state index is 13.4. The molecule has 0 fully saturated rings. The van der Waals surface area contributed by atoms with E-state index in [9.17, 15) is 37.9 Å². The lowest BCUT2D eigenvalue weighted by atomic mass is 9.99. The van der Waals surface area contributed by atoms with Gasteiger partial charge in [-0.25, -0.2) is 0 Å². The first-order chi connectivity index (χ1) is 16.5. The van der Waals surface area contributed by atoms with Crippen molar-refractivity contribution in [1.29, 1.82) is 5.26 Å². The van der Waals surface area contributed by atoms with Gasteiger partial charge in [0.25, 0.3) is 11.5 Å². The number of aliphatic carboxylic acids is 1. The summed E-state index contributed by atoms with van der Waals surface area (Å²) in [7, 11) is 0. The van der Waals surface area contributed by atoms with Crippen molar-refractivity contribution in [2.24, 2.45) is 0 Å². The molecular formula is C23H16F3N3O6. The highest BCUT2D eigenvalue weighted by molar-refractivity contribution is 6.05. The van der Waals surface area contributed by atoms with Gasteiger partial charge in [-0.15, -0.1) is 0 Å². The Labute approximate surface area is 194 Å². The number of ether oxygens (including phenoxy) is 1. The van der Waals surface area contributed by atoms with E-state index in [1.54, 1.807) is 0 Å². The van der Waals surface area contributed by atoms with E-state index in [0.717, 1.165) is 16.7 Å². The number of aromatic hydroxyl groups is 1. The van der Waals surface area contributed by atoms with Gasteiger partial charge >= 0.3 is 12.1 Å². The molecule has 3 N–H and O–H groups in total. The lowest BCUT2D eigenvalue weighted by Crippen LogP contribution is -2.40. The molecule has 9 nitrogen and oxygen atoms in total. The van der Waals surface area contributed by atoms with Gasteiger partial charge in [-0.1, -0.05) is 12.1 Å². The van der Waals surface area contributed by atoms with Gasteiger partial charge in [0.05, 0.1) is 34.1 Å². The van der Waals surface area contributed by atoms with Crippen LogP contribution in [-0.4, -0.2) is 39.8 Å². The van der Waals surface area contributed by atoms with E-state index in [1.165, 1.54) is 24.3 Å². The minimum atomic E-state index is -4.52. The number of nitrogens with zero attached hydrogens (tertiary/aromatic N) is 2. The second kappa shape index (κ2) is 8.68. The van der Waals surface area contributed by atoms with Crippen LogP contribution in [0.1, 0.15) is 33.1 Å². The summed E-state index contributed by atoms with van der Waals surface area (Å²) in [4.78, 5) is 36.9. The molecular weight excluding hydrogens is 471 g/mol. The third-order valence-corrected chi connectivity index (χ3v) is 5.58. The molecule has 0 aliphatic carbocycles. The Morgan fingerprint density at radius 1 is 1.20 bits per heavy atom. The molecule has 1 unspecified atom stereocenters.